The average molecular weight is 355 g/mol. The lowest BCUT2D eigenvalue weighted by Crippen LogP contribution is -2.27. The predicted molar refractivity (Wildman–Crippen MR) is 99.8 cm³/mol. The van der Waals surface area contributed by atoms with E-state index in [0.29, 0.717) is 5.75 Å². The molecule has 0 fully saturated rings. The summed E-state index contributed by atoms with van der Waals surface area (Å²) in [4.78, 5) is 15.2. The Morgan fingerprint density at radius 2 is 2.00 bits per heavy atom. The standard InChI is InChI=1S/C19H21N3O2S/c1-12-10-16(14(3)25-12)13(2)20-19(23)18-17(24-4)11-22(21-18)15-8-6-5-7-9-15/h5-11,13H,1-4H3,(H,20,23). The van der Waals surface area contributed by atoms with E-state index in [2.05, 4.69) is 30.3 Å². The van der Waals surface area contributed by atoms with Crippen LogP contribution in [0.25, 0.3) is 5.69 Å². The Morgan fingerprint density at radius 1 is 1.28 bits per heavy atom. The predicted octanol–water partition coefficient (Wildman–Crippen LogP) is 4.05. The minimum absolute atomic E-state index is 0.0935. The largest absolute Gasteiger partial charge is 0.493 e. The van der Waals surface area contributed by atoms with Crippen molar-refractivity contribution in [2.24, 2.45) is 0 Å². The minimum atomic E-state index is -0.248. The number of ether oxygens (including phenoxy) is 1. The fourth-order valence-corrected chi connectivity index (χ4v) is 3.82. The zero-order valence-electron chi connectivity index (χ0n) is 14.7. The van der Waals surface area contributed by atoms with Gasteiger partial charge in [-0.25, -0.2) is 4.68 Å². The molecule has 3 aromatic rings. The van der Waals surface area contributed by atoms with Crippen LogP contribution in [-0.4, -0.2) is 22.8 Å². The van der Waals surface area contributed by atoms with E-state index < -0.39 is 0 Å². The van der Waals surface area contributed by atoms with E-state index in [1.807, 2.05) is 37.3 Å². The molecule has 0 aliphatic rings. The van der Waals surface area contributed by atoms with E-state index in [1.54, 1.807) is 29.3 Å². The third kappa shape index (κ3) is 3.58. The molecule has 130 valence electrons. The molecule has 5 nitrogen and oxygen atoms in total. The van der Waals surface area contributed by atoms with Crippen LogP contribution in [0.1, 0.15) is 38.8 Å². The van der Waals surface area contributed by atoms with Crippen molar-refractivity contribution in [3.05, 3.63) is 63.6 Å². The first kappa shape index (κ1) is 17.2. The van der Waals surface area contributed by atoms with Gasteiger partial charge in [-0.15, -0.1) is 11.3 Å². The number of aryl methyl sites for hydroxylation is 2. The van der Waals surface area contributed by atoms with Crippen LogP contribution in [0.2, 0.25) is 0 Å². The molecule has 1 atom stereocenters. The van der Waals surface area contributed by atoms with E-state index in [9.17, 15) is 4.79 Å². The highest BCUT2D eigenvalue weighted by Crippen LogP contribution is 2.27. The maximum Gasteiger partial charge on any atom is 0.276 e. The summed E-state index contributed by atoms with van der Waals surface area (Å²) in [5.41, 5.74) is 2.29. The molecular formula is C19H21N3O2S. The van der Waals surface area contributed by atoms with Gasteiger partial charge in [0, 0.05) is 9.75 Å². The molecule has 1 amide bonds. The van der Waals surface area contributed by atoms with Gasteiger partial charge in [-0.1, -0.05) is 18.2 Å². The van der Waals surface area contributed by atoms with E-state index in [0.717, 1.165) is 11.3 Å². The van der Waals surface area contributed by atoms with Crippen molar-refractivity contribution in [2.75, 3.05) is 7.11 Å². The number of para-hydroxylation sites is 1. The summed E-state index contributed by atoms with van der Waals surface area (Å²) in [7, 11) is 1.54. The summed E-state index contributed by atoms with van der Waals surface area (Å²) < 4.78 is 6.99. The van der Waals surface area contributed by atoms with Crippen molar-refractivity contribution in [3.63, 3.8) is 0 Å². The Hall–Kier alpha value is -2.60. The fourth-order valence-electron chi connectivity index (χ4n) is 2.80. The number of amides is 1. The van der Waals surface area contributed by atoms with Crippen LogP contribution in [-0.2, 0) is 0 Å². The van der Waals surface area contributed by atoms with Crippen molar-refractivity contribution in [2.45, 2.75) is 26.8 Å². The second-order valence-corrected chi connectivity index (χ2v) is 7.35. The van der Waals surface area contributed by atoms with Crippen molar-refractivity contribution >= 4 is 17.2 Å². The number of carbonyl (C=O) groups is 1. The van der Waals surface area contributed by atoms with E-state index in [-0.39, 0.29) is 17.6 Å². The molecule has 1 unspecified atom stereocenters. The summed E-state index contributed by atoms with van der Waals surface area (Å²) in [6, 6.07) is 11.7. The summed E-state index contributed by atoms with van der Waals surface area (Å²) in [5.74, 6) is 0.203. The molecule has 1 aromatic carbocycles. The molecule has 25 heavy (non-hydrogen) atoms. The first-order valence-corrected chi connectivity index (χ1v) is 8.88. The SMILES string of the molecule is COc1cn(-c2ccccc2)nc1C(=O)NC(C)c1cc(C)sc1C. The van der Waals surface area contributed by atoms with Crippen molar-refractivity contribution < 1.29 is 9.53 Å². The molecule has 2 aromatic heterocycles. The number of nitrogens with zero attached hydrogens (tertiary/aromatic N) is 2. The molecule has 0 bridgehead atoms. The lowest BCUT2D eigenvalue weighted by atomic mass is 10.1. The summed E-state index contributed by atoms with van der Waals surface area (Å²) in [6.07, 6.45) is 1.72. The molecule has 0 aliphatic carbocycles. The smallest absolute Gasteiger partial charge is 0.276 e. The van der Waals surface area contributed by atoms with Gasteiger partial charge in [0.1, 0.15) is 0 Å². The number of benzene rings is 1. The molecule has 0 aliphatic heterocycles. The topological polar surface area (TPSA) is 56.2 Å². The second kappa shape index (κ2) is 7.11. The Bertz CT molecular complexity index is 883. The molecule has 3 rings (SSSR count). The molecule has 6 heteroatoms. The van der Waals surface area contributed by atoms with Gasteiger partial charge >= 0.3 is 0 Å². The molecule has 2 heterocycles. The monoisotopic (exact) mass is 355 g/mol. The maximum atomic E-state index is 12.7. The molecule has 0 saturated carbocycles. The third-order valence-corrected chi connectivity index (χ3v) is 5.01. The zero-order valence-corrected chi connectivity index (χ0v) is 15.6. The van der Waals surface area contributed by atoms with Crippen LogP contribution < -0.4 is 10.1 Å². The second-order valence-electron chi connectivity index (χ2n) is 5.89. The van der Waals surface area contributed by atoms with Crippen LogP contribution in [0.15, 0.2) is 42.6 Å². The zero-order chi connectivity index (χ0) is 18.0. The van der Waals surface area contributed by atoms with Crippen molar-refractivity contribution in [1.82, 2.24) is 15.1 Å². The number of carbonyl (C=O) groups excluding carboxylic acids is 1. The van der Waals surface area contributed by atoms with Gasteiger partial charge in [0.15, 0.2) is 11.4 Å². The third-order valence-electron chi connectivity index (χ3n) is 4.03. The lowest BCUT2D eigenvalue weighted by molar-refractivity contribution is 0.0931. The normalized spacial score (nSPS) is 12.0. The van der Waals surface area contributed by atoms with Crippen molar-refractivity contribution in [1.29, 1.82) is 0 Å². The Kier molecular flexibility index (Phi) is 4.90. The number of rotatable bonds is 5. The quantitative estimate of drug-likeness (QED) is 0.751. The van der Waals surface area contributed by atoms with Gasteiger partial charge in [0.05, 0.1) is 25.0 Å². The minimum Gasteiger partial charge on any atom is -0.493 e. The van der Waals surface area contributed by atoms with Gasteiger partial charge in [-0.3, -0.25) is 4.79 Å². The summed E-state index contributed by atoms with van der Waals surface area (Å²) in [6.45, 7) is 6.12. The Balaban J connectivity index is 1.84. The van der Waals surface area contributed by atoms with Crippen LogP contribution in [0.3, 0.4) is 0 Å². The molecule has 0 spiro atoms. The van der Waals surface area contributed by atoms with Gasteiger partial charge in [0.25, 0.3) is 5.91 Å². The molecular weight excluding hydrogens is 334 g/mol. The first-order valence-electron chi connectivity index (χ1n) is 8.06. The lowest BCUT2D eigenvalue weighted by Gasteiger charge is -2.13. The van der Waals surface area contributed by atoms with E-state index in [4.69, 9.17) is 4.74 Å². The summed E-state index contributed by atoms with van der Waals surface area (Å²) in [5, 5.41) is 7.43. The van der Waals surface area contributed by atoms with Gasteiger partial charge in [-0.2, -0.15) is 5.10 Å². The maximum absolute atomic E-state index is 12.7. The number of methoxy groups -OCH3 is 1. The first-order chi connectivity index (χ1) is 12.0. The van der Waals surface area contributed by atoms with Gasteiger partial charge in [0.2, 0.25) is 0 Å². The van der Waals surface area contributed by atoms with Gasteiger partial charge < -0.3 is 10.1 Å². The Labute approximate surface area is 151 Å². The van der Waals surface area contributed by atoms with Crippen LogP contribution in [0.4, 0.5) is 0 Å². The number of nitrogens with one attached hydrogen (secondary N) is 1. The van der Waals surface area contributed by atoms with E-state index in [1.165, 1.54) is 9.75 Å². The van der Waals surface area contributed by atoms with Crippen LogP contribution in [0.5, 0.6) is 5.75 Å². The Morgan fingerprint density at radius 3 is 2.60 bits per heavy atom. The number of hydrogen-bond donors (Lipinski definition) is 1. The number of hydrogen-bond acceptors (Lipinski definition) is 4. The van der Waals surface area contributed by atoms with Crippen LogP contribution in [0, 0.1) is 13.8 Å². The van der Waals surface area contributed by atoms with Crippen LogP contribution >= 0.6 is 11.3 Å². The highest BCUT2D eigenvalue weighted by Gasteiger charge is 2.21. The summed E-state index contributed by atoms with van der Waals surface area (Å²) >= 11 is 1.73. The van der Waals surface area contributed by atoms with Crippen molar-refractivity contribution in [3.8, 4) is 11.4 Å². The van der Waals surface area contributed by atoms with E-state index >= 15 is 0 Å². The average Bonchev–Trinajstić information content (AvgIpc) is 3.18. The molecule has 0 radical (unpaired) electrons. The fraction of sp³-hybridized carbons (Fsp3) is 0.263. The molecule has 1 N–H and O–H groups in total. The number of thiophene rings is 1. The number of aromatic nitrogens is 2. The molecule has 0 saturated heterocycles. The highest BCUT2D eigenvalue weighted by atomic mass is 32.1. The van der Waals surface area contributed by atoms with Gasteiger partial charge in [-0.05, 0) is 44.5 Å². The highest BCUT2D eigenvalue weighted by molar-refractivity contribution is 7.12.